The lowest BCUT2D eigenvalue weighted by molar-refractivity contribution is -0.134. The van der Waals surface area contributed by atoms with Crippen LogP contribution < -0.4 is 14.2 Å². The lowest BCUT2D eigenvalue weighted by Crippen LogP contribution is -2.39. The molecular formula is C27H29NO8. The molecule has 0 saturated carbocycles. The van der Waals surface area contributed by atoms with E-state index in [-0.39, 0.29) is 6.04 Å². The number of aliphatic carboxylic acids is 2. The first-order valence-electron chi connectivity index (χ1n) is 11.5. The summed E-state index contributed by atoms with van der Waals surface area (Å²) in [5, 5.41) is 31.3. The fraction of sp³-hybridized carbons (Fsp3) is 0.333. The van der Waals surface area contributed by atoms with Crippen LogP contribution in [0.3, 0.4) is 0 Å². The van der Waals surface area contributed by atoms with Crippen molar-refractivity contribution in [1.29, 1.82) is 0 Å². The Morgan fingerprint density at radius 1 is 0.889 bits per heavy atom. The summed E-state index contributed by atoms with van der Waals surface area (Å²) in [6, 6.07) is 10.4. The van der Waals surface area contributed by atoms with Crippen molar-refractivity contribution in [2.45, 2.75) is 31.5 Å². The first kappa shape index (κ1) is 25.3. The molecule has 2 heterocycles. The van der Waals surface area contributed by atoms with E-state index in [0.29, 0.717) is 23.7 Å². The quantitative estimate of drug-likeness (QED) is 0.358. The van der Waals surface area contributed by atoms with Gasteiger partial charge in [-0.05, 0) is 76.3 Å². The van der Waals surface area contributed by atoms with Gasteiger partial charge in [0.15, 0.2) is 11.5 Å². The van der Waals surface area contributed by atoms with Crippen LogP contribution in [-0.4, -0.2) is 66.1 Å². The summed E-state index contributed by atoms with van der Waals surface area (Å²) >= 11 is 0. The number of hydrogen-bond donors (Lipinski definition) is 3. The maximum atomic E-state index is 11.3. The van der Waals surface area contributed by atoms with E-state index in [4.69, 9.17) is 24.4 Å². The zero-order chi connectivity index (χ0) is 26.0. The molecule has 0 radical (unpaired) electrons. The molecule has 0 aliphatic carbocycles. The SMILES string of the molecule is COc1ccc2c3c(c4cc(OC)c(OC)cc4c2c1)[C@@H](O)C1CCCN1C3.O=C(O)/C=C/C(=O)O. The fourth-order valence-electron chi connectivity index (χ4n) is 5.22. The summed E-state index contributed by atoms with van der Waals surface area (Å²) in [4.78, 5) is 21.5. The third-order valence-corrected chi connectivity index (χ3v) is 6.79. The van der Waals surface area contributed by atoms with Crippen LogP contribution in [0.25, 0.3) is 21.5 Å². The Hall–Kier alpha value is -3.82. The van der Waals surface area contributed by atoms with E-state index in [2.05, 4.69) is 17.0 Å². The van der Waals surface area contributed by atoms with Gasteiger partial charge in [-0.3, -0.25) is 4.90 Å². The summed E-state index contributed by atoms with van der Waals surface area (Å²) < 4.78 is 16.6. The minimum absolute atomic E-state index is 0.194. The molecule has 2 aliphatic rings. The Kier molecular flexibility index (Phi) is 7.32. The Labute approximate surface area is 208 Å². The lowest BCUT2D eigenvalue weighted by atomic mass is 9.83. The van der Waals surface area contributed by atoms with E-state index in [1.807, 2.05) is 18.2 Å². The minimum atomic E-state index is -1.26. The Morgan fingerprint density at radius 2 is 1.50 bits per heavy atom. The maximum Gasteiger partial charge on any atom is 0.328 e. The number of benzene rings is 3. The van der Waals surface area contributed by atoms with Crippen LogP contribution in [-0.2, 0) is 16.1 Å². The van der Waals surface area contributed by atoms with Crippen molar-refractivity contribution < 1.29 is 39.1 Å². The zero-order valence-corrected chi connectivity index (χ0v) is 20.4. The monoisotopic (exact) mass is 495 g/mol. The molecule has 190 valence electrons. The fourth-order valence-corrected chi connectivity index (χ4v) is 5.22. The molecule has 0 spiro atoms. The molecule has 1 unspecified atom stereocenters. The molecule has 36 heavy (non-hydrogen) atoms. The summed E-state index contributed by atoms with van der Waals surface area (Å²) in [5.41, 5.74) is 2.25. The zero-order valence-electron chi connectivity index (χ0n) is 20.4. The molecule has 2 atom stereocenters. The first-order chi connectivity index (χ1) is 17.3. The second kappa shape index (κ2) is 10.4. The van der Waals surface area contributed by atoms with Gasteiger partial charge >= 0.3 is 11.9 Å². The number of carboxylic acid groups (broad SMARTS) is 2. The molecule has 3 N–H and O–H groups in total. The number of fused-ring (bicyclic) bond motifs is 7. The van der Waals surface area contributed by atoms with Gasteiger partial charge in [-0.1, -0.05) is 6.07 Å². The highest BCUT2D eigenvalue weighted by molar-refractivity contribution is 6.12. The van der Waals surface area contributed by atoms with Gasteiger partial charge in [0.1, 0.15) is 5.75 Å². The molecule has 0 amide bonds. The van der Waals surface area contributed by atoms with Gasteiger partial charge in [0.05, 0.1) is 27.4 Å². The van der Waals surface area contributed by atoms with E-state index < -0.39 is 18.0 Å². The smallest absolute Gasteiger partial charge is 0.328 e. The number of methoxy groups -OCH3 is 3. The topological polar surface area (TPSA) is 126 Å². The third-order valence-electron chi connectivity index (χ3n) is 6.79. The number of carbonyl (C=O) groups is 2. The summed E-state index contributed by atoms with van der Waals surface area (Å²) in [7, 11) is 4.98. The van der Waals surface area contributed by atoms with E-state index >= 15 is 0 Å². The molecule has 0 bridgehead atoms. The number of carboxylic acids is 2. The van der Waals surface area contributed by atoms with Crippen molar-refractivity contribution in [2.24, 2.45) is 0 Å². The molecule has 5 rings (SSSR count). The van der Waals surface area contributed by atoms with Gasteiger partial charge < -0.3 is 29.5 Å². The Bertz CT molecular complexity index is 1330. The predicted molar refractivity (Wildman–Crippen MR) is 134 cm³/mol. The van der Waals surface area contributed by atoms with Crippen molar-refractivity contribution in [2.75, 3.05) is 27.9 Å². The molecule has 1 fully saturated rings. The van der Waals surface area contributed by atoms with Crippen LogP contribution in [0, 0.1) is 0 Å². The number of ether oxygens (including phenoxy) is 3. The maximum absolute atomic E-state index is 11.3. The molecule has 9 nitrogen and oxygen atoms in total. The summed E-state index contributed by atoms with van der Waals surface area (Å²) in [6.07, 6.45) is 2.79. The predicted octanol–water partition coefficient (Wildman–Crippen LogP) is 3.74. The van der Waals surface area contributed by atoms with Gasteiger partial charge in [0, 0.05) is 24.7 Å². The number of aliphatic hydroxyl groups excluding tert-OH is 1. The highest BCUT2D eigenvalue weighted by Crippen LogP contribution is 2.47. The van der Waals surface area contributed by atoms with Gasteiger partial charge in [0.25, 0.3) is 0 Å². The summed E-state index contributed by atoms with van der Waals surface area (Å²) in [6.45, 7) is 1.91. The molecular weight excluding hydrogens is 466 g/mol. The largest absolute Gasteiger partial charge is 0.497 e. The van der Waals surface area contributed by atoms with Gasteiger partial charge in [-0.2, -0.15) is 0 Å². The van der Waals surface area contributed by atoms with E-state index in [1.165, 1.54) is 10.9 Å². The van der Waals surface area contributed by atoms with Crippen LogP contribution >= 0.6 is 0 Å². The number of hydrogen-bond acceptors (Lipinski definition) is 7. The molecule has 9 heteroatoms. The summed E-state index contributed by atoms with van der Waals surface area (Å²) in [5.74, 6) is -0.328. The molecule has 0 aromatic heterocycles. The van der Waals surface area contributed by atoms with Gasteiger partial charge in [-0.15, -0.1) is 0 Å². The van der Waals surface area contributed by atoms with Crippen molar-refractivity contribution in [1.82, 2.24) is 4.90 Å². The van der Waals surface area contributed by atoms with E-state index in [1.54, 1.807) is 21.3 Å². The number of nitrogens with zero attached hydrogens (tertiary/aromatic N) is 1. The van der Waals surface area contributed by atoms with Crippen LogP contribution in [0.4, 0.5) is 0 Å². The first-order valence-corrected chi connectivity index (χ1v) is 11.5. The second-order valence-electron chi connectivity index (χ2n) is 8.69. The van der Waals surface area contributed by atoms with Crippen molar-refractivity contribution in [3.05, 3.63) is 53.6 Å². The highest BCUT2D eigenvalue weighted by atomic mass is 16.5. The van der Waals surface area contributed by atoms with Crippen molar-refractivity contribution >= 4 is 33.5 Å². The van der Waals surface area contributed by atoms with Crippen LogP contribution in [0.1, 0.15) is 30.1 Å². The third kappa shape index (κ3) is 4.67. The normalized spacial score (nSPS) is 18.9. The molecule has 1 saturated heterocycles. The highest BCUT2D eigenvalue weighted by Gasteiger charge is 2.39. The molecule has 3 aromatic rings. The van der Waals surface area contributed by atoms with E-state index in [0.717, 1.165) is 53.4 Å². The average molecular weight is 496 g/mol. The van der Waals surface area contributed by atoms with Crippen molar-refractivity contribution in [3.63, 3.8) is 0 Å². The standard InChI is InChI=1S/C23H25NO4.C4H4O4/c1-26-13-6-7-14-15(9-13)16-10-20(27-2)21(28-3)11-17(16)22-18(14)12-24-8-4-5-19(24)23(22)25;5-3(6)1-2-4(7)8/h6-7,9-11,19,23,25H,4-5,8,12H2,1-3H3;1-2H,(H,5,6)(H,7,8)/b;2-1+/t19?,23-;/m0./s1. The molecule has 3 aromatic carbocycles. The van der Waals surface area contributed by atoms with Crippen molar-refractivity contribution in [3.8, 4) is 17.2 Å². The lowest BCUT2D eigenvalue weighted by Gasteiger charge is -2.37. The van der Waals surface area contributed by atoms with Crippen LogP contribution in [0.2, 0.25) is 0 Å². The average Bonchev–Trinajstić information content (AvgIpc) is 3.36. The van der Waals surface area contributed by atoms with E-state index in [9.17, 15) is 14.7 Å². The second-order valence-corrected chi connectivity index (χ2v) is 8.69. The number of rotatable bonds is 5. The minimum Gasteiger partial charge on any atom is -0.497 e. The van der Waals surface area contributed by atoms with Gasteiger partial charge in [0.2, 0.25) is 0 Å². The van der Waals surface area contributed by atoms with Gasteiger partial charge in [-0.25, -0.2) is 9.59 Å². The molecule has 2 aliphatic heterocycles. The Morgan fingerprint density at radius 3 is 2.08 bits per heavy atom. The Balaban J connectivity index is 0.000000331. The van der Waals surface area contributed by atoms with Crippen LogP contribution in [0.5, 0.6) is 17.2 Å². The number of aliphatic hydroxyl groups is 1. The van der Waals surface area contributed by atoms with Crippen LogP contribution in [0.15, 0.2) is 42.5 Å².